The van der Waals surface area contributed by atoms with E-state index in [4.69, 9.17) is 0 Å². The maximum atomic E-state index is 2.48. The van der Waals surface area contributed by atoms with Crippen LogP contribution < -0.4 is 0 Å². The molecular formula is C41H32N2. The quantitative estimate of drug-likeness (QED) is 0.202. The number of benzene rings is 6. The van der Waals surface area contributed by atoms with Gasteiger partial charge < -0.3 is 9.13 Å². The average Bonchev–Trinajstić information content (AvgIpc) is 3.59. The zero-order chi connectivity index (χ0) is 29.0. The van der Waals surface area contributed by atoms with E-state index in [1.807, 2.05) is 0 Å². The number of hydrogen-bond acceptors (Lipinski definition) is 0. The fourth-order valence-corrected chi connectivity index (χ4v) is 7.90. The van der Waals surface area contributed by atoms with E-state index in [1.54, 1.807) is 0 Å². The Hall–Kier alpha value is -5.08. The number of rotatable bonds is 2. The predicted octanol–water partition coefficient (Wildman–Crippen LogP) is 10.8. The molecule has 1 aliphatic carbocycles. The van der Waals surface area contributed by atoms with Gasteiger partial charge in [0.15, 0.2) is 0 Å². The van der Waals surface area contributed by atoms with Gasteiger partial charge in [-0.1, -0.05) is 80.6 Å². The number of aromatic nitrogens is 2. The highest BCUT2D eigenvalue weighted by molar-refractivity contribution is 6.13. The Kier molecular flexibility index (Phi) is 4.84. The van der Waals surface area contributed by atoms with Crippen molar-refractivity contribution in [3.05, 3.63) is 144 Å². The molecule has 0 saturated heterocycles. The van der Waals surface area contributed by atoms with Gasteiger partial charge in [0.1, 0.15) is 0 Å². The summed E-state index contributed by atoms with van der Waals surface area (Å²) in [5, 5.41) is 5.14. The van der Waals surface area contributed by atoms with Gasteiger partial charge in [-0.15, -0.1) is 0 Å². The van der Waals surface area contributed by atoms with Crippen LogP contribution in [0.2, 0.25) is 0 Å². The Morgan fingerprint density at radius 2 is 1.00 bits per heavy atom. The van der Waals surface area contributed by atoms with Gasteiger partial charge in [0.25, 0.3) is 0 Å². The van der Waals surface area contributed by atoms with Crippen LogP contribution in [0.3, 0.4) is 0 Å². The number of hydrogen-bond donors (Lipinski definition) is 0. The van der Waals surface area contributed by atoms with Crippen molar-refractivity contribution in [1.82, 2.24) is 9.13 Å². The Labute approximate surface area is 251 Å². The molecule has 206 valence electrons. The minimum atomic E-state index is -0.0509. The smallest absolute Gasteiger partial charge is 0.0544 e. The lowest BCUT2D eigenvalue weighted by atomic mass is 9.82. The van der Waals surface area contributed by atoms with Crippen molar-refractivity contribution in [1.29, 1.82) is 0 Å². The third kappa shape index (κ3) is 3.29. The molecule has 0 atom stereocenters. The summed E-state index contributed by atoms with van der Waals surface area (Å²) in [4.78, 5) is 0. The van der Waals surface area contributed by atoms with Crippen LogP contribution in [-0.2, 0) is 5.41 Å². The molecule has 1 aliphatic rings. The fourth-order valence-electron chi connectivity index (χ4n) is 7.90. The first kappa shape index (κ1) is 24.5. The molecule has 0 N–H and O–H groups in total. The molecule has 0 bridgehead atoms. The zero-order valence-electron chi connectivity index (χ0n) is 24.9. The number of nitrogens with zero attached hydrogens (tertiary/aromatic N) is 2. The van der Waals surface area contributed by atoms with Gasteiger partial charge >= 0.3 is 0 Å². The summed E-state index contributed by atoms with van der Waals surface area (Å²) in [5.41, 5.74) is 15.4. The molecule has 6 aromatic carbocycles. The van der Waals surface area contributed by atoms with Gasteiger partial charge in [0.2, 0.25) is 0 Å². The van der Waals surface area contributed by atoms with Gasteiger partial charge in [-0.3, -0.25) is 0 Å². The van der Waals surface area contributed by atoms with E-state index >= 15 is 0 Å². The SMILES string of the molecule is Cc1cc(C)cc(-n2c3ccccc3c3cc(-n4c5ccccc5c5cc6c(cc54)C(C)(C)c4ccccc4-6)ccc32)c1. The van der Waals surface area contributed by atoms with Crippen molar-refractivity contribution < 1.29 is 0 Å². The maximum absolute atomic E-state index is 2.48. The maximum Gasteiger partial charge on any atom is 0.0544 e. The molecule has 0 radical (unpaired) electrons. The van der Waals surface area contributed by atoms with Gasteiger partial charge in [-0.05, 0) is 102 Å². The van der Waals surface area contributed by atoms with Crippen molar-refractivity contribution in [2.24, 2.45) is 0 Å². The topological polar surface area (TPSA) is 9.86 Å². The highest BCUT2D eigenvalue weighted by Gasteiger charge is 2.36. The highest BCUT2D eigenvalue weighted by atomic mass is 15.0. The Bertz CT molecular complexity index is 2430. The van der Waals surface area contributed by atoms with E-state index in [-0.39, 0.29) is 5.41 Å². The lowest BCUT2D eigenvalue weighted by molar-refractivity contribution is 0.661. The molecule has 2 nitrogen and oxygen atoms in total. The molecule has 2 heterocycles. The number of para-hydroxylation sites is 2. The third-order valence-corrected chi connectivity index (χ3v) is 9.75. The van der Waals surface area contributed by atoms with E-state index in [1.165, 1.54) is 88.4 Å². The first-order valence-corrected chi connectivity index (χ1v) is 15.2. The molecule has 0 fully saturated rings. The standard InChI is InChI=1S/C41H32N2/c1-25-19-26(2)21-28(20-25)43-38-16-10-6-12-30(38)33-22-27(17-18-39(33)43)42-37-15-9-7-13-31(37)34-23-32-29-11-5-8-14-35(29)41(3,4)36(32)24-40(34)42/h5-24H,1-4H3. The van der Waals surface area contributed by atoms with Crippen molar-refractivity contribution in [3.8, 4) is 22.5 Å². The Morgan fingerprint density at radius 3 is 1.72 bits per heavy atom. The van der Waals surface area contributed by atoms with Crippen LogP contribution in [0.4, 0.5) is 0 Å². The molecule has 0 amide bonds. The predicted molar refractivity (Wildman–Crippen MR) is 182 cm³/mol. The van der Waals surface area contributed by atoms with Gasteiger partial charge in [-0.25, -0.2) is 0 Å². The summed E-state index contributed by atoms with van der Waals surface area (Å²) in [5.74, 6) is 0. The van der Waals surface area contributed by atoms with Crippen LogP contribution >= 0.6 is 0 Å². The van der Waals surface area contributed by atoms with Crippen LogP contribution in [0.15, 0.2) is 121 Å². The van der Waals surface area contributed by atoms with Crippen LogP contribution in [0.25, 0.3) is 66.1 Å². The minimum Gasteiger partial charge on any atom is -0.309 e. The molecule has 0 spiro atoms. The van der Waals surface area contributed by atoms with E-state index in [9.17, 15) is 0 Å². The van der Waals surface area contributed by atoms with E-state index in [2.05, 4.69) is 158 Å². The second kappa shape index (κ2) is 8.49. The van der Waals surface area contributed by atoms with E-state index < -0.39 is 0 Å². The second-order valence-corrected chi connectivity index (χ2v) is 12.8. The molecule has 0 aliphatic heterocycles. The van der Waals surface area contributed by atoms with Crippen LogP contribution in [0, 0.1) is 13.8 Å². The van der Waals surface area contributed by atoms with Gasteiger partial charge in [0, 0.05) is 38.3 Å². The molecular weight excluding hydrogens is 520 g/mol. The van der Waals surface area contributed by atoms with Crippen LogP contribution in [0.5, 0.6) is 0 Å². The summed E-state index contributed by atoms with van der Waals surface area (Å²) >= 11 is 0. The lowest BCUT2D eigenvalue weighted by Gasteiger charge is -2.21. The summed E-state index contributed by atoms with van der Waals surface area (Å²) in [6.07, 6.45) is 0. The monoisotopic (exact) mass is 552 g/mol. The van der Waals surface area contributed by atoms with Crippen LogP contribution in [-0.4, -0.2) is 9.13 Å². The van der Waals surface area contributed by atoms with E-state index in [0.29, 0.717) is 0 Å². The normalized spacial score (nSPS) is 13.8. The largest absolute Gasteiger partial charge is 0.309 e. The van der Waals surface area contributed by atoms with E-state index in [0.717, 1.165) is 0 Å². The van der Waals surface area contributed by atoms with Crippen molar-refractivity contribution >= 4 is 43.6 Å². The van der Waals surface area contributed by atoms with Gasteiger partial charge in [0.05, 0.1) is 22.1 Å². The number of aryl methyl sites for hydroxylation is 2. The molecule has 43 heavy (non-hydrogen) atoms. The number of fused-ring (bicyclic) bond motifs is 9. The third-order valence-electron chi connectivity index (χ3n) is 9.75. The molecule has 0 saturated carbocycles. The summed E-state index contributed by atoms with van der Waals surface area (Å²) < 4.78 is 4.90. The van der Waals surface area contributed by atoms with Crippen molar-refractivity contribution in [2.45, 2.75) is 33.1 Å². The molecule has 0 unspecified atom stereocenters. The average molecular weight is 553 g/mol. The minimum absolute atomic E-state index is 0.0509. The van der Waals surface area contributed by atoms with Gasteiger partial charge in [-0.2, -0.15) is 0 Å². The first-order valence-electron chi connectivity index (χ1n) is 15.2. The Morgan fingerprint density at radius 1 is 0.419 bits per heavy atom. The molecule has 8 aromatic rings. The summed E-state index contributed by atoms with van der Waals surface area (Å²) in [7, 11) is 0. The molecule has 9 rings (SSSR count). The molecule has 2 heteroatoms. The van der Waals surface area contributed by atoms with Crippen LogP contribution in [0.1, 0.15) is 36.1 Å². The van der Waals surface area contributed by atoms with Crippen molar-refractivity contribution in [3.63, 3.8) is 0 Å². The summed E-state index contributed by atoms with van der Waals surface area (Å²) in [6, 6.07) is 45.4. The second-order valence-electron chi connectivity index (χ2n) is 12.8. The zero-order valence-corrected chi connectivity index (χ0v) is 24.9. The fraction of sp³-hybridized carbons (Fsp3) is 0.122. The summed E-state index contributed by atoms with van der Waals surface area (Å²) in [6.45, 7) is 9.09. The highest BCUT2D eigenvalue weighted by Crippen LogP contribution is 2.51. The van der Waals surface area contributed by atoms with Crippen molar-refractivity contribution in [2.75, 3.05) is 0 Å². The lowest BCUT2D eigenvalue weighted by Crippen LogP contribution is -2.14. The molecule has 2 aromatic heterocycles. The first-order chi connectivity index (χ1) is 20.9. The Balaban J connectivity index is 1.35.